The Hall–Kier alpha value is -2.26. The Morgan fingerprint density at radius 3 is 2.29 bits per heavy atom. The minimum atomic E-state index is -1.85. The van der Waals surface area contributed by atoms with Gasteiger partial charge in [-0.05, 0) is 68.9 Å². The monoisotopic (exact) mass is 444 g/mol. The second-order valence-electron chi connectivity index (χ2n) is 8.61. The van der Waals surface area contributed by atoms with Gasteiger partial charge in [0.05, 0.1) is 12.3 Å². The minimum absolute atomic E-state index is 0.0797. The van der Waals surface area contributed by atoms with Crippen molar-refractivity contribution >= 4 is 24.8 Å². The van der Waals surface area contributed by atoms with Gasteiger partial charge in [-0.2, -0.15) is 0 Å². The number of anilines is 1. The maximum absolute atomic E-state index is 13.6. The van der Waals surface area contributed by atoms with Crippen LogP contribution >= 0.6 is 7.26 Å². The summed E-state index contributed by atoms with van der Waals surface area (Å²) in [6.07, 6.45) is 5.45. The van der Waals surface area contributed by atoms with Crippen molar-refractivity contribution in [3.63, 3.8) is 0 Å². The number of hydrogen-bond donors (Lipinski definition) is 1. The van der Waals surface area contributed by atoms with Crippen LogP contribution in [0.15, 0.2) is 42.5 Å². The quantitative estimate of drug-likeness (QED) is 0.439. The number of hydrogen-bond acceptors (Lipinski definition) is 3. The molecule has 4 nitrogen and oxygen atoms in total. The lowest BCUT2D eigenvalue weighted by Gasteiger charge is -2.34. The number of aryl methyl sites for hydroxylation is 2. The Morgan fingerprint density at radius 1 is 1.06 bits per heavy atom. The normalized spacial score (nSPS) is 16.4. The highest BCUT2D eigenvalue weighted by atomic mass is 31.2. The van der Waals surface area contributed by atoms with Gasteiger partial charge in [-0.25, -0.2) is 9.18 Å². The molecule has 6 heteroatoms. The fourth-order valence-electron chi connectivity index (χ4n) is 4.45. The van der Waals surface area contributed by atoms with Crippen LogP contribution in [0, 0.1) is 19.7 Å². The number of carbonyl (C=O) groups excluding carboxylic acids is 2. The summed E-state index contributed by atoms with van der Waals surface area (Å²) >= 11 is 0. The van der Waals surface area contributed by atoms with E-state index in [1.165, 1.54) is 12.1 Å². The van der Waals surface area contributed by atoms with Crippen LogP contribution in [0.2, 0.25) is 0 Å². The predicted octanol–water partition coefficient (Wildman–Crippen LogP) is 5.71. The number of halogens is 1. The summed E-state index contributed by atoms with van der Waals surface area (Å²) in [4.78, 5) is 26.0. The molecule has 0 saturated carbocycles. The fourth-order valence-corrected chi connectivity index (χ4v) is 8.91. The van der Waals surface area contributed by atoms with Crippen LogP contribution in [0.5, 0.6) is 0 Å². The summed E-state index contributed by atoms with van der Waals surface area (Å²) in [6, 6.07) is 12.5. The van der Waals surface area contributed by atoms with Crippen molar-refractivity contribution in [2.24, 2.45) is 0 Å². The first-order valence-electron chi connectivity index (χ1n) is 10.9. The Bertz CT molecular complexity index is 903. The average Bonchev–Trinajstić information content (AvgIpc) is 2.75. The van der Waals surface area contributed by atoms with E-state index in [4.69, 9.17) is 4.74 Å². The number of esters is 1. The second-order valence-corrected chi connectivity index (χ2v) is 13.0. The van der Waals surface area contributed by atoms with E-state index in [9.17, 15) is 14.0 Å². The first-order valence-corrected chi connectivity index (χ1v) is 13.3. The van der Waals surface area contributed by atoms with E-state index >= 15 is 0 Å². The molecular weight excluding hydrogens is 412 g/mol. The van der Waals surface area contributed by atoms with Gasteiger partial charge in [-0.15, -0.1) is 0 Å². The Labute approximate surface area is 184 Å². The molecule has 166 valence electrons. The molecule has 1 aliphatic rings. The Balaban J connectivity index is 1.71. The lowest BCUT2D eigenvalue weighted by atomic mass is 10.1. The third-order valence-electron chi connectivity index (χ3n) is 6.34. The molecule has 1 unspecified atom stereocenters. The van der Waals surface area contributed by atoms with Gasteiger partial charge in [0.1, 0.15) is 18.1 Å². The zero-order chi connectivity index (χ0) is 22.4. The van der Waals surface area contributed by atoms with Crippen molar-refractivity contribution in [1.29, 1.82) is 0 Å². The van der Waals surface area contributed by atoms with Crippen molar-refractivity contribution in [2.75, 3.05) is 23.8 Å². The van der Waals surface area contributed by atoms with Crippen LogP contribution in [0.1, 0.15) is 42.9 Å². The van der Waals surface area contributed by atoms with Crippen molar-refractivity contribution < 1.29 is 18.7 Å². The Kier molecular flexibility index (Phi) is 7.83. The van der Waals surface area contributed by atoms with Gasteiger partial charge in [0.25, 0.3) is 5.91 Å². The maximum atomic E-state index is 13.6. The molecular formula is C25H32FNO3P+. The lowest BCUT2D eigenvalue weighted by molar-refractivity contribution is -0.141. The molecule has 0 radical (unpaired) electrons. The van der Waals surface area contributed by atoms with Gasteiger partial charge in [0.2, 0.25) is 0 Å². The zero-order valence-corrected chi connectivity index (χ0v) is 19.5. The fraction of sp³-hybridized carbons (Fsp3) is 0.440. The number of nitrogens with one attached hydrogen (secondary N) is 1. The highest BCUT2D eigenvalue weighted by Crippen LogP contribution is 2.66. The van der Waals surface area contributed by atoms with E-state index in [1.54, 1.807) is 13.8 Å². The van der Waals surface area contributed by atoms with Gasteiger partial charge < -0.3 is 10.1 Å². The third-order valence-corrected chi connectivity index (χ3v) is 11.5. The molecule has 2 aromatic carbocycles. The molecule has 2 aromatic rings. The average molecular weight is 445 g/mol. The minimum Gasteiger partial charge on any atom is -0.458 e. The van der Waals surface area contributed by atoms with E-state index in [1.807, 2.05) is 37.3 Å². The number of carbonyl (C=O) groups is 2. The largest absolute Gasteiger partial charge is 0.458 e. The van der Waals surface area contributed by atoms with Crippen molar-refractivity contribution in [1.82, 2.24) is 0 Å². The van der Waals surface area contributed by atoms with Gasteiger partial charge >= 0.3 is 5.97 Å². The second kappa shape index (κ2) is 10.4. The summed E-state index contributed by atoms with van der Waals surface area (Å²) in [5.41, 5.74) is 2.79. The third kappa shape index (κ3) is 5.92. The van der Waals surface area contributed by atoms with E-state index in [0.717, 1.165) is 37.1 Å². The molecule has 1 heterocycles. The SMILES string of the molecule is Cc1cc(F)cc(C)c1NC(=O)C(C)[P+]1(CC(=O)OCc2ccccc2)CCCCC1. The molecule has 1 atom stereocenters. The van der Waals surface area contributed by atoms with E-state index in [0.29, 0.717) is 23.0 Å². The molecule has 3 rings (SSSR count). The maximum Gasteiger partial charge on any atom is 0.344 e. The Morgan fingerprint density at radius 2 is 1.68 bits per heavy atom. The molecule has 31 heavy (non-hydrogen) atoms. The zero-order valence-electron chi connectivity index (χ0n) is 18.6. The molecule has 1 amide bonds. The van der Waals surface area contributed by atoms with E-state index < -0.39 is 7.26 Å². The molecule has 0 aromatic heterocycles. The standard InChI is InChI=1S/C25H31FNO3P/c1-18-14-22(26)15-19(2)24(18)27-25(29)20(3)31(12-8-5-9-13-31)17-23(28)30-16-21-10-6-4-7-11-21/h4,6-7,10-11,14-15,20H,5,8-9,12-13,16-17H2,1-3H3/p+1. The van der Waals surface area contributed by atoms with E-state index in [2.05, 4.69) is 5.32 Å². The van der Waals surface area contributed by atoms with Crippen LogP contribution in [0.25, 0.3) is 0 Å². The van der Waals surface area contributed by atoms with Crippen molar-refractivity contribution in [3.8, 4) is 0 Å². The highest BCUT2D eigenvalue weighted by molar-refractivity contribution is 7.78. The van der Waals surface area contributed by atoms with E-state index in [-0.39, 0.29) is 30.0 Å². The molecule has 1 fully saturated rings. The number of benzene rings is 2. The molecule has 1 aliphatic heterocycles. The van der Waals surface area contributed by atoms with Crippen molar-refractivity contribution in [3.05, 3.63) is 65.0 Å². The predicted molar refractivity (Wildman–Crippen MR) is 126 cm³/mol. The first kappa shape index (κ1) is 23.4. The highest BCUT2D eigenvalue weighted by Gasteiger charge is 2.49. The first-order chi connectivity index (χ1) is 14.8. The smallest absolute Gasteiger partial charge is 0.344 e. The number of ether oxygens (including phenoxy) is 1. The summed E-state index contributed by atoms with van der Waals surface area (Å²) in [5, 5.41) is 3.03. The molecule has 1 saturated heterocycles. The van der Waals surface area contributed by atoms with Gasteiger partial charge in [-0.3, -0.25) is 4.79 Å². The van der Waals surface area contributed by atoms with Crippen LogP contribution in [-0.2, 0) is 20.9 Å². The van der Waals surface area contributed by atoms with Crippen molar-refractivity contribution in [2.45, 2.75) is 52.3 Å². The molecule has 1 N–H and O–H groups in total. The number of rotatable bonds is 7. The van der Waals surface area contributed by atoms with Gasteiger partial charge in [0, 0.05) is 12.9 Å². The summed E-state index contributed by atoms with van der Waals surface area (Å²) in [5.74, 6) is -0.602. The lowest BCUT2D eigenvalue weighted by Crippen LogP contribution is -2.35. The van der Waals surface area contributed by atoms with Crippen LogP contribution < -0.4 is 5.32 Å². The molecule has 0 bridgehead atoms. The summed E-state index contributed by atoms with van der Waals surface area (Å²) in [7, 11) is -1.85. The number of amides is 1. The molecule has 0 spiro atoms. The van der Waals surface area contributed by atoms with Crippen LogP contribution in [-0.4, -0.2) is 36.0 Å². The summed E-state index contributed by atoms with van der Waals surface area (Å²) in [6.45, 7) is 5.80. The van der Waals surface area contributed by atoms with Gasteiger partial charge in [-0.1, -0.05) is 30.3 Å². The molecule has 0 aliphatic carbocycles. The van der Waals surface area contributed by atoms with Gasteiger partial charge in [0.15, 0.2) is 6.16 Å². The summed E-state index contributed by atoms with van der Waals surface area (Å²) < 4.78 is 19.2. The topological polar surface area (TPSA) is 55.4 Å². The van der Waals surface area contributed by atoms with Crippen LogP contribution in [0.3, 0.4) is 0 Å². The van der Waals surface area contributed by atoms with Crippen LogP contribution in [0.4, 0.5) is 10.1 Å².